The van der Waals surface area contributed by atoms with Crippen molar-refractivity contribution >= 4 is 23.3 Å². The van der Waals surface area contributed by atoms with Gasteiger partial charge in [0.25, 0.3) is 0 Å². The van der Waals surface area contributed by atoms with Gasteiger partial charge in [0, 0.05) is 44.6 Å². The number of benzene rings is 1. The minimum Gasteiger partial charge on any atom is -0.322 e. The number of nitrogens with zero attached hydrogens (tertiary/aromatic N) is 3. The van der Waals surface area contributed by atoms with Crippen LogP contribution in [0.4, 0.5) is 10.5 Å². The molecule has 3 heterocycles. The molecule has 0 spiro atoms. The molecule has 4 rings (SSSR count). The van der Waals surface area contributed by atoms with E-state index in [9.17, 15) is 4.79 Å². The number of rotatable bonds is 3. The first-order valence-corrected chi connectivity index (χ1v) is 9.54. The Hall–Kier alpha value is -2.19. The zero-order valence-corrected chi connectivity index (χ0v) is 15.7. The summed E-state index contributed by atoms with van der Waals surface area (Å²) in [4.78, 5) is 20.8. The zero-order chi connectivity index (χ0) is 18.6. The minimum absolute atomic E-state index is 0.102. The van der Waals surface area contributed by atoms with Gasteiger partial charge in [-0.15, -0.1) is 0 Å². The lowest BCUT2D eigenvalue weighted by Crippen LogP contribution is -2.55. The summed E-state index contributed by atoms with van der Waals surface area (Å²) in [6, 6.07) is 11.5. The van der Waals surface area contributed by atoms with Gasteiger partial charge in [0.2, 0.25) is 0 Å². The van der Waals surface area contributed by atoms with Crippen LogP contribution in [0.5, 0.6) is 0 Å². The van der Waals surface area contributed by atoms with Crippen molar-refractivity contribution in [3.05, 3.63) is 59.4 Å². The number of halogens is 1. The van der Waals surface area contributed by atoms with Crippen LogP contribution in [0.2, 0.25) is 5.02 Å². The van der Waals surface area contributed by atoms with Crippen LogP contribution < -0.4 is 16.2 Å². The lowest BCUT2D eigenvalue weighted by Gasteiger charge is -2.37. The second kappa shape index (κ2) is 8.22. The largest absolute Gasteiger partial charge is 0.322 e. The third-order valence-corrected chi connectivity index (χ3v) is 5.48. The molecule has 2 saturated heterocycles. The van der Waals surface area contributed by atoms with Crippen molar-refractivity contribution in [3.8, 4) is 0 Å². The number of amides is 2. The van der Waals surface area contributed by atoms with Crippen LogP contribution in [-0.4, -0.2) is 53.2 Å². The molecule has 0 aliphatic carbocycles. The van der Waals surface area contributed by atoms with Crippen molar-refractivity contribution in [2.24, 2.45) is 0 Å². The number of anilines is 1. The molecule has 0 radical (unpaired) electrons. The molecule has 3 N–H and O–H groups in total. The van der Waals surface area contributed by atoms with E-state index in [0.29, 0.717) is 23.8 Å². The highest BCUT2D eigenvalue weighted by atomic mass is 35.5. The number of hydrazine groups is 1. The molecule has 142 valence electrons. The molecule has 2 aliphatic rings. The van der Waals surface area contributed by atoms with Crippen molar-refractivity contribution in [2.75, 3.05) is 31.5 Å². The average molecular weight is 387 g/mol. The summed E-state index contributed by atoms with van der Waals surface area (Å²) in [5.41, 5.74) is 8.63. The van der Waals surface area contributed by atoms with Crippen molar-refractivity contribution in [1.82, 2.24) is 25.6 Å². The summed E-state index contributed by atoms with van der Waals surface area (Å²) < 4.78 is 0. The van der Waals surface area contributed by atoms with Crippen molar-refractivity contribution in [1.29, 1.82) is 0 Å². The van der Waals surface area contributed by atoms with Crippen molar-refractivity contribution in [2.45, 2.75) is 18.6 Å². The second-order valence-corrected chi connectivity index (χ2v) is 7.21. The number of urea groups is 1. The Balaban J connectivity index is 1.28. The van der Waals surface area contributed by atoms with E-state index in [2.05, 4.69) is 26.1 Å². The Labute approximate surface area is 163 Å². The Kier molecular flexibility index (Phi) is 5.54. The number of aromatic nitrogens is 1. The van der Waals surface area contributed by atoms with Gasteiger partial charge in [-0.25, -0.2) is 15.6 Å². The third kappa shape index (κ3) is 4.22. The number of nitrogens with one attached hydrogen (secondary N) is 3. The number of hydrogen-bond acceptors (Lipinski definition) is 5. The van der Waals surface area contributed by atoms with Gasteiger partial charge in [0.1, 0.15) is 0 Å². The Morgan fingerprint density at radius 2 is 1.81 bits per heavy atom. The Morgan fingerprint density at radius 1 is 1.07 bits per heavy atom. The number of para-hydroxylation sites is 1. The lowest BCUT2D eigenvalue weighted by molar-refractivity contribution is 0.103. The molecular weight excluding hydrogens is 364 g/mol. The van der Waals surface area contributed by atoms with Gasteiger partial charge in [-0.3, -0.25) is 9.88 Å². The maximum absolute atomic E-state index is 12.5. The predicted molar refractivity (Wildman–Crippen MR) is 105 cm³/mol. The van der Waals surface area contributed by atoms with E-state index in [1.807, 2.05) is 47.6 Å². The standard InChI is InChI=1S/C19H23ClN6O/c20-15-3-1-2-4-16(15)22-19(27)26-11-9-25(10-12-26)18-13-17(23-24-18)14-5-7-21-8-6-14/h1-8,17-18,23-24H,9-13H2,(H,22,27). The fraction of sp³-hybridized carbons (Fsp3) is 0.368. The molecule has 2 amide bonds. The van der Waals surface area contributed by atoms with E-state index >= 15 is 0 Å². The van der Waals surface area contributed by atoms with Crippen LogP contribution >= 0.6 is 11.6 Å². The SMILES string of the molecule is O=C(Nc1ccccc1Cl)N1CCN(C2CC(c3ccncc3)NN2)CC1. The number of pyridine rings is 1. The number of carbonyl (C=O) groups is 1. The van der Waals surface area contributed by atoms with Gasteiger partial charge in [-0.05, 0) is 36.2 Å². The van der Waals surface area contributed by atoms with Gasteiger partial charge in [0.05, 0.1) is 16.9 Å². The summed E-state index contributed by atoms with van der Waals surface area (Å²) in [6.07, 6.45) is 4.88. The molecule has 2 fully saturated rings. The molecule has 2 aromatic rings. The first-order chi connectivity index (χ1) is 13.2. The fourth-order valence-corrected chi connectivity index (χ4v) is 3.77. The van der Waals surface area contributed by atoms with Gasteiger partial charge < -0.3 is 10.2 Å². The van der Waals surface area contributed by atoms with E-state index in [0.717, 1.165) is 19.5 Å². The first-order valence-electron chi connectivity index (χ1n) is 9.16. The molecular formula is C19H23ClN6O. The molecule has 2 aliphatic heterocycles. The molecule has 8 heteroatoms. The highest BCUT2D eigenvalue weighted by molar-refractivity contribution is 6.33. The normalized spacial score (nSPS) is 23.4. The van der Waals surface area contributed by atoms with E-state index in [1.54, 1.807) is 6.07 Å². The van der Waals surface area contributed by atoms with Crippen molar-refractivity contribution < 1.29 is 4.79 Å². The van der Waals surface area contributed by atoms with Gasteiger partial charge in [-0.1, -0.05) is 23.7 Å². The minimum atomic E-state index is -0.102. The highest BCUT2D eigenvalue weighted by Crippen LogP contribution is 2.24. The molecule has 27 heavy (non-hydrogen) atoms. The molecule has 2 atom stereocenters. The number of piperazine rings is 1. The van der Waals surface area contributed by atoms with Crippen LogP contribution in [0.15, 0.2) is 48.8 Å². The second-order valence-electron chi connectivity index (χ2n) is 6.81. The summed E-state index contributed by atoms with van der Waals surface area (Å²) in [5.74, 6) is 0. The van der Waals surface area contributed by atoms with E-state index in [1.165, 1.54) is 5.56 Å². The van der Waals surface area contributed by atoms with Crippen molar-refractivity contribution in [3.63, 3.8) is 0 Å². The molecule has 2 unspecified atom stereocenters. The smallest absolute Gasteiger partial charge is 0.321 e. The Morgan fingerprint density at radius 3 is 2.56 bits per heavy atom. The maximum Gasteiger partial charge on any atom is 0.321 e. The van der Waals surface area contributed by atoms with E-state index < -0.39 is 0 Å². The van der Waals surface area contributed by atoms with E-state index in [-0.39, 0.29) is 18.2 Å². The number of carbonyl (C=O) groups excluding carboxylic acids is 1. The molecule has 0 saturated carbocycles. The van der Waals surface area contributed by atoms with Crippen LogP contribution in [0, 0.1) is 0 Å². The van der Waals surface area contributed by atoms with Crippen LogP contribution in [-0.2, 0) is 0 Å². The zero-order valence-electron chi connectivity index (χ0n) is 14.9. The van der Waals surface area contributed by atoms with Crippen LogP contribution in [0.3, 0.4) is 0 Å². The third-order valence-electron chi connectivity index (χ3n) is 5.15. The van der Waals surface area contributed by atoms with Gasteiger partial charge in [-0.2, -0.15) is 0 Å². The van der Waals surface area contributed by atoms with E-state index in [4.69, 9.17) is 11.6 Å². The van der Waals surface area contributed by atoms with Gasteiger partial charge in [0.15, 0.2) is 0 Å². The quantitative estimate of drug-likeness (QED) is 0.755. The Bertz CT molecular complexity index is 781. The lowest BCUT2D eigenvalue weighted by atomic mass is 10.1. The predicted octanol–water partition coefficient (Wildman–Crippen LogP) is 2.45. The summed E-state index contributed by atoms with van der Waals surface area (Å²) in [7, 11) is 0. The maximum atomic E-state index is 12.5. The molecule has 1 aromatic carbocycles. The number of hydrogen-bond donors (Lipinski definition) is 3. The van der Waals surface area contributed by atoms with Gasteiger partial charge >= 0.3 is 6.03 Å². The molecule has 7 nitrogen and oxygen atoms in total. The summed E-state index contributed by atoms with van der Waals surface area (Å²) in [6.45, 7) is 3.04. The summed E-state index contributed by atoms with van der Waals surface area (Å²) in [5, 5.41) is 3.44. The highest BCUT2D eigenvalue weighted by Gasteiger charge is 2.32. The molecule has 1 aromatic heterocycles. The average Bonchev–Trinajstić information content (AvgIpc) is 3.21. The monoisotopic (exact) mass is 386 g/mol. The molecule has 0 bridgehead atoms. The first kappa shape index (κ1) is 18.2. The summed E-state index contributed by atoms with van der Waals surface area (Å²) >= 11 is 6.12. The topological polar surface area (TPSA) is 72.5 Å². The fourth-order valence-electron chi connectivity index (χ4n) is 3.59. The van der Waals surface area contributed by atoms with Crippen LogP contribution in [0.25, 0.3) is 0 Å². The van der Waals surface area contributed by atoms with Crippen LogP contribution in [0.1, 0.15) is 18.0 Å².